The molecule has 1 amide bonds. The van der Waals surface area contributed by atoms with Crippen LogP contribution in [0.4, 0.5) is 5.69 Å². The molecule has 1 N–H and O–H groups in total. The van der Waals surface area contributed by atoms with Gasteiger partial charge in [-0.2, -0.15) is 0 Å². The van der Waals surface area contributed by atoms with E-state index in [1.165, 1.54) is 0 Å². The minimum Gasteiger partial charge on any atom is -0.482 e. The Labute approximate surface area is 143 Å². The Morgan fingerprint density at radius 1 is 1.00 bits per heavy atom. The smallest absolute Gasteiger partial charge is 0.262 e. The number of benzene rings is 3. The number of hydrogen-bond acceptors (Lipinski definition) is 2. The normalized spacial score (nSPS) is 10.5. The molecule has 23 heavy (non-hydrogen) atoms. The topological polar surface area (TPSA) is 38.3 Å². The van der Waals surface area contributed by atoms with Crippen molar-refractivity contribution in [2.45, 2.75) is 0 Å². The van der Waals surface area contributed by atoms with E-state index in [1.807, 2.05) is 42.5 Å². The van der Waals surface area contributed by atoms with Gasteiger partial charge in [-0.3, -0.25) is 4.79 Å². The summed E-state index contributed by atoms with van der Waals surface area (Å²) in [5.41, 5.74) is 0.744. The monoisotopic (exact) mass is 345 g/mol. The Morgan fingerprint density at radius 2 is 1.78 bits per heavy atom. The zero-order chi connectivity index (χ0) is 16.2. The van der Waals surface area contributed by atoms with Crippen LogP contribution in [-0.4, -0.2) is 12.5 Å². The van der Waals surface area contributed by atoms with Crippen LogP contribution in [0.25, 0.3) is 10.8 Å². The van der Waals surface area contributed by atoms with Gasteiger partial charge in [0.2, 0.25) is 0 Å². The predicted octanol–water partition coefficient (Wildman–Crippen LogP) is 5.16. The van der Waals surface area contributed by atoms with Crippen molar-refractivity contribution in [2.24, 2.45) is 0 Å². The van der Waals surface area contributed by atoms with Gasteiger partial charge in [0.15, 0.2) is 6.61 Å². The van der Waals surface area contributed by atoms with Crippen LogP contribution in [0, 0.1) is 0 Å². The molecule has 0 atom stereocenters. The minimum absolute atomic E-state index is 0.150. The predicted molar refractivity (Wildman–Crippen MR) is 94.5 cm³/mol. The highest BCUT2D eigenvalue weighted by atomic mass is 35.5. The highest BCUT2D eigenvalue weighted by molar-refractivity contribution is 6.34. The number of halogens is 2. The SMILES string of the molecule is O=C(COc1cc(Cl)ccc1Cl)Nc1cccc2ccccc12. The third-order valence-electron chi connectivity index (χ3n) is 3.32. The number of hydrogen-bond donors (Lipinski definition) is 1. The third kappa shape index (κ3) is 3.76. The molecule has 0 saturated heterocycles. The molecular weight excluding hydrogens is 333 g/mol. The molecular formula is C18H13Cl2NO2. The maximum atomic E-state index is 12.1. The minimum atomic E-state index is -0.266. The Bertz CT molecular complexity index is 859. The molecule has 0 fully saturated rings. The van der Waals surface area contributed by atoms with Crippen molar-refractivity contribution in [1.82, 2.24) is 0 Å². The van der Waals surface area contributed by atoms with Gasteiger partial charge in [-0.25, -0.2) is 0 Å². The first-order valence-corrected chi connectivity index (χ1v) is 7.74. The average molecular weight is 346 g/mol. The molecule has 3 rings (SSSR count). The summed E-state index contributed by atoms with van der Waals surface area (Å²) in [4.78, 5) is 12.1. The molecule has 0 spiro atoms. The fraction of sp³-hybridized carbons (Fsp3) is 0.0556. The molecule has 0 aliphatic heterocycles. The zero-order valence-corrected chi connectivity index (χ0v) is 13.6. The first kappa shape index (κ1) is 15.7. The number of carbonyl (C=O) groups is 1. The molecule has 0 radical (unpaired) electrons. The van der Waals surface area contributed by atoms with Gasteiger partial charge >= 0.3 is 0 Å². The molecule has 0 unspecified atom stereocenters. The summed E-state index contributed by atoms with van der Waals surface area (Å²) < 4.78 is 5.44. The number of amides is 1. The van der Waals surface area contributed by atoms with Crippen LogP contribution in [0.3, 0.4) is 0 Å². The number of anilines is 1. The number of nitrogens with one attached hydrogen (secondary N) is 1. The van der Waals surface area contributed by atoms with Crippen LogP contribution in [0.2, 0.25) is 10.0 Å². The molecule has 0 aromatic heterocycles. The maximum absolute atomic E-state index is 12.1. The lowest BCUT2D eigenvalue weighted by molar-refractivity contribution is -0.118. The molecule has 0 aliphatic carbocycles. The highest BCUT2D eigenvalue weighted by Gasteiger charge is 2.08. The number of fused-ring (bicyclic) bond motifs is 1. The van der Waals surface area contributed by atoms with Gasteiger partial charge in [-0.1, -0.05) is 59.6 Å². The summed E-state index contributed by atoms with van der Waals surface area (Å²) in [7, 11) is 0. The standard InChI is InChI=1S/C18H13Cl2NO2/c19-13-8-9-15(20)17(10-13)23-11-18(22)21-16-7-3-5-12-4-1-2-6-14(12)16/h1-10H,11H2,(H,21,22). The third-order valence-corrected chi connectivity index (χ3v) is 3.86. The van der Waals surface area contributed by atoms with Crippen molar-refractivity contribution in [2.75, 3.05) is 11.9 Å². The molecule has 116 valence electrons. The van der Waals surface area contributed by atoms with Crippen molar-refractivity contribution in [3.63, 3.8) is 0 Å². The van der Waals surface area contributed by atoms with Crippen molar-refractivity contribution in [3.05, 3.63) is 70.7 Å². The quantitative estimate of drug-likeness (QED) is 0.708. The fourth-order valence-corrected chi connectivity index (χ4v) is 2.59. The number of carbonyl (C=O) groups excluding carboxylic acids is 1. The first-order valence-electron chi connectivity index (χ1n) is 6.99. The van der Waals surface area contributed by atoms with Crippen LogP contribution in [0.15, 0.2) is 60.7 Å². The van der Waals surface area contributed by atoms with Crippen molar-refractivity contribution in [3.8, 4) is 5.75 Å². The largest absolute Gasteiger partial charge is 0.482 e. The van der Waals surface area contributed by atoms with Crippen molar-refractivity contribution in [1.29, 1.82) is 0 Å². The van der Waals surface area contributed by atoms with E-state index in [2.05, 4.69) is 5.32 Å². The van der Waals surface area contributed by atoms with Gasteiger partial charge < -0.3 is 10.1 Å². The van der Waals surface area contributed by atoms with Crippen LogP contribution >= 0.6 is 23.2 Å². The molecule has 3 aromatic rings. The summed E-state index contributed by atoms with van der Waals surface area (Å²) in [5.74, 6) is 0.115. The Morgan fingerprint density at radius 3 is 2.65 bits per heavy atom. The number of rotatable bonds is 4. The van der Waals surface area contributed by atoms with Gasteiger partial charge in [0.1, 0.15) is 5.75 Å². The van der Waals surface area contributed by atoms with Gasteiger partial charge in [-0.15, -0.1) is 0 Å². The summed E-state index contributed by atoms with van der Waals surface area (Å²) in [6.45, 7) is -0.150. The van der Waals surface area contributed by atoms with Crippen LogP contribution < -0.4 is 10.1 Å². The van der Waals surface area contributed by atoms with Crippen LogP contribution in [0.1, 0.15) is 0 Å². The van der Waals surface area contributed by atoms with E-state index in [0.29, 0.717) is 15.8 Å². The molecule has 0 heterocycles. The van der Waals surface area contributed by atoms with E-state index in [-0.39, 0.29) is 12.5 Å². The van der Waals surface area contributed by atoms with E-state index in [0.717, 1.165) is 16.5 Å². The summed E-state index contributed by atoms with van der Waals surface area (Å²) in [5, 5.41) is 5.79. The zero-order valence-electron chi connectivity index (χ0n) is 12.1. The lowest BCUT2D eigenvalue weighted by Gasteiger charge is -2.11. The summed E-state index contributed by atoms with van der Waals surface area (Å²) in [6.07, 6.45) is 0. The summed E-state index contributed by atoms with van der Waals surface area (Å²) >= 11 is 11.9. The van der Waals surface area contributed by atoms with Gasteiger partial charge in [0.25, 0.3) is 5.91 Å². The second kappa shape index (κ2) is 6.90. The van der Waals surface area contributed by atoms with Gasteiger partial charge in [0, 0.05) is 22.2 Å². The molecule has 3 aromatic carbocycles. The van der Waals surface area contributed by atoms with E-state index in [9.17, 15) is 4.79 Å². The molecule has 5 heteroatoms. The molecule has 3 nitrogen and oxygen atoms in total. The molecule has 0 aliphatic rings. The number of ether oxygens (including phenoxy) is 1. The van der Waals surface area contributed by atoms with E-state index < -0.39 is 0 Å². The lowest BCUT2D eigenvalue weighted by Crippen LogP contribution is -2.20. The Kier molecular flexibility index (Phi) is 4.70. The lowest BCUT2D eigenvalue weighted by atomic mass is 10.1. The van der Waals surface area contributed by atoms with E-state index >= 15 is 0 Å². The summed E-state index contributed by atoms with van der Waals surface area (Å²) in [6, 6.07) is 18.4. The van der Waals surface area contributed by atoms with Crippen molar-refractivity contribution < 1.29 is 9.53 Å². The molecule has 0 bridgehead atoms. The van der Waals surface area contributed by atoms with Crippen LogP contribution in [-0.2, 0) is 4.79 Å². The second-order valence-corrected chi connectivity index (χ2v) is 5.78. The Hall–Kier alpha value is -2.23. The van der Waals surface area contributed by atoms with Crippen LogP contribution in [0.5, 0.6) is 5.75 Å². The maximum Gasteiger partial charge on any atom is 0.262 e. The van der Waals surface area contributed by atoms with E-state index in [1.54, 1.807) is 18.2 Å². The highest BCUT2D eigenvalue weighted by Crippen LogP contribution is 2.28. The van der Waals surface area contributed by atoms with Crippen molar-refractivity contribution >= 4 is 45.6 Å². The Balaban J connectivity index is 1.70. The first-order chi connectivity index (χ1) is 11.1. The average Bonchev–Trinajstić information content (AvgIpc) is 2.56. The second-order valence-electron chi connectivity index (χ2n) is 4.94. The fourth-order valence-electron chi connectivity index (χ4n) is 2.25. The molecule has 0 saturated carbocycles. The van der Waals surface area contributed by atoms with Gasteiger partial charge in [0.05, 0.1) is 5.02 Å². The van der Waals surface area contributed by atoms with E-state index in [4.69, 9.17) is 27.9 Å². The van der Waals surface area contributed by atoms with Gasteiger partial charge in [-0.05, 0) is 23.6 Å².